The molecule has 0 bridgehead atoms. The molecule has 66 valence electrons. The first-order valence-electron chi connectivity index (χ1n) is 4.34. The van der Waals surface area contributed by atoms with Gasteiger partial charge in [0.2, 0.25) is 0 Å². The molecule has 0 atom stereocenters. The first-order chi connectivity index (χ1) is 4.97. The number of hydrogen-bond donors (Lipinski definition) is 1. The normalized spacial score (nSPS) is 31.6. The molecule has 1 saturated carbocycles. The quantitative estimate of drug-likeness (QED) is 0.660. The van der Waals surface area contributed by atoms with E-state index in [4.69, 9.17) is 10.5 Å². The fraction of sp³-hybridized carbons (Fsp3) is 1.00. The summed E-state index contributed by atoms with van der Waals surface area (Å²) in [6, 6.07) is 0.403. The third kappa shape index (κ3) is 3.21. The molecule has 2 heteroatoms. The van der Waals surface area contributed by atoms with Crippen LogP contribution in [0.1, 0.15) is 33.6 Å². The van der Waals surface area contributed by atoms with Crippen molar-refractivity contribution in [2.75, 3.05) is 6.61 Å². The van der Waals surface area contributed by atoms with Gasteiger partial charge in [0, 0.05) is 6.04 Å². The summed E-state index contributed by atoms with van der Waals surface area (Å²) >= 11 is 0. The van der Waals surface area contributed by atoms with E-state index in [0.29, 0.717) is 17.6 Å². The Hall–Kier alpha value is -0.0800. The standard InChI is InChI=1S/C9H19NO/c1-9(2,3)6-11-8-4-7(10)5-8/h7-8H,4-6,10H2,1-3H3/t7-,8+. The summed E-state index contributed by atoms with van der Waals surface area (Å²) in [6.07, 6.45) is 2.55. The Balaban J connectivity index is 2.05. The van der Waals surface area contributed by atoms with E-state index in [9.17, 15) is 0 Å². The predicted octanol–water partition coefficient (Wildman–Crippen LogP) is 1.54. The minimum Gasteiger partial charge on any atom is -0.378 e. The van der Waals surface area contributed by atoms with Gasteiger partial charge in [0.1, 0.15) is 0 Å². The van der Waals surface area contributed by atoms with Crippen LogP contribution in [0.2, 0.25) is 0 Å². The van der Waals surface area contributed by atoms with E-state index in [-0.39, 0.29) is 0 Å². The lowest BCUT2D eigenvalue weighted by atomic mass is 9.89. The molecular weight excluding hydrogens is 138 g/mol. The van der Waals surface area contributed by atoms with Crippen LogP contribution in [-0.4, -0.2) is 18.8 Å². The van der Waals surface area contributed by atoms with E-state index in [2.05, 4.69) is 20.8 Å². The highest BCUT2D eigenvalue weighted by Gasteiger charge is 2.27. The van der Waals surface area contributed by atoms with Crippen LogP contribution in [0.4, 0.5) is 0 Å². The van der Waals surface area contributed by atoms with E-state index < -0.39 is 0 Å². The van der Waals surface area contributed by atoms with Gasteiger partial charge in [-0.2, -0.15) is 0 Å². The van der Waals surface area contributed by atoms with E-state index in [1.54, 1.807) is 0 Å². The Morgan fingerprint density at radius 2 is 1.91 bits per heavy atom. The molecule has 0 spiro atoms. The van der Waals surface area contributed by atoms with Crippen molar-refractivity contribution in [2.24, 2.45) is 11.1 Å². The van der Waals surface area contributed by atoms with Gasteiger partial charge in [-0.15, -0.1) is 0 Å². The van der Waals surface area contributed by atoms with Gasteiger partial charge in [0.05, 0.1) is 12.7 Å². The molecule has 2 nitrogen and oxygen atoms in total. The second kappa shape index (κ2) is 3.11. The van der Waals surface area contributed by atoms with Gasteiger partial charge in [-0.3, -0.25) is 0 Å². The molecule has 0 unspecified atom stereocenters. The lowest BCUT2D eigenvalue weighted by molar-refractivity contribution is -0.0393. The van der Waals surface area contributed by atoms with Crippen LogP contribution in [0.3, 0.4) is 0 Å². The van der Waals surface area contributed by atoms with Gasteiger partial charge in [-0.05, 0) is 18.3 Å². The average molecular weight is 157 g/mol. The fourth-order valence-corrected chi connectivity index (χ4v) is 1.11. The van der Waals surface area contributed by atoms with E-state index in [1.165, 1.54) is 0 Å². The van der Waals surface area contributed by atoms with E-state index >= 15 is 0 Å². The third-order valence-electron chi connectivity index (χ3n) is 1.88. The van der Waals surface area contributed by atoms with Crippen LogP contribution < -0.4 is 5.73 Å². The van der Waals surface area contributed by atoms with Crippen molar-refractivity contribution in [2.45, 2.75) is 45.8 Å². The smallest absolute Gasteiger partial charge is 0.0604 e. The van der Waals surface area contributed by atoms with Gasteiger partial charge in [0.25, 0.3) is 0 Å². The molecule has 0 saturated heterocycles. The van der Waals surface area contributed by atoms with Crippen molar-refractivity contribution in [3.05, 3.63) is 0 Å². The molecule has 0 amide bonds. The van der Waals surface area contributed by atoms with Crippen molar-refractivity contribution in [3.63, 3.8) is 0 Å². The molecule has 1 aliphatic rings. The maximum absolute atomic E-state index is 5.63. The number of rotatable bonds is 2. The summed E-state index contributed by atoms with van der Waals surface area (Å²) in [5.41, 5.74) is 5.92. The minimum atomic E-state index is 0.291. The van der Waals surface area contributed by atoms with Crippen LogP contribution in [-0.2, 0) is 4.74 Å². The van der Waals surface area contributed by atoms with Crippen molar-refractivity contribution < 1.29 is 4.74 Å². The van der Waals surface area contributed by atoms with Crippen LogP contribution in [0.25, 0.3) is 0 Å². The van der Waals surface area contributed by atoms with Gasteiger partial charge in [0.15, 0.2) is 0 Å². The second-order valence-corrected chi connectivity index (χ2v) is 4.73. The molecule has 1 rings (SSSR count). The maximum Gasteiger partial charge on any atom is 0.0604 e. The number of ether oxygens (including phenoxy) is 1. The molecule has 11 heavy (non-hydrogen) atoms. The summed E-state index contributed by atoms with van der Waals surface area (Å²) in [4.78, 5) is 0. The molecule has 0 aromatic rings. The van der Waals surface area contributed by atoms with Crippen molar-refractivity contribution in [3.8, 4) is 0 Å². The summed E-state index contributed by atoms with van der Waals surface area (Å²) in [5, 5.41) is 0. The minimum absolute atomic E-state index is 0.291. The topological polar surface area (TPSA) is 35.2 Å². The molecule has 0 radical (unpaired) electrons. The SMILES string of the molecule is CC(C)(C)CO[C@H]1C[C@@H](N)C1. The Morgan fingerprint density at radius 1 is 1.36 bits per heavy atom. The van der Waals surface area contributed by atoms with Gasteiger partial charge < -0.3 is 10.5 Å². The summed E-state index contributed by atoms with van der Waals surface area (Å²) in [5.74, 6) is 0. The lowest BCUT2D eigenvalue weighted by Gasteiger charge is -2.34. The van der Waals surface area contributed by atoms with Crippen LogP contribution in [0, 0.1) is 5.41 Å². The maximum atomic E-state index is 5.63. The van der Waals surface area contributed by atoms with Crippen LogP contribution in [0.15, 0.2) is 0 Å². The summed E-state index contributed by atoms with van der Waals surface area (Å²) < 4.78 is 5.63. The molecule has 0 heterocycles. The summed E-state index contributed by atoms with van der Waals surface area (Å²) in [7, 11) is 0. The van der Waals surface area contributed by atoms with Crippen LogP contribution in [0.5, 0.6) is 0 Å². The first-order valence-corrected chi connectivity index (χ1v) is 4.34. The average Bonchev–Trinajstić information content (AvgIpc) is 1.75. The first kappa shape index (κ1) is 9.01. The fourth-order valence-electron chi connectivity index (χ4n) is 1.11. The number of nitrogens with two attached hydrogens (primary N) is 1. The zero-order chi connectivity index (χ0) is 8.48. The van der Waals surface area contributed by atoms with Crippen molar-refractivity contribution >= 4 is 0 Å². The van der Waals surface area contributed by atoms with Crippen LogP contribution >= 0.6 is 0 Å². The second-order valence-electron chi connectivity index (χ2n) is 4.73. The molecule has 0 aromatic carbocycles. The van der Waals surface area contributed by atoms with Crippen molar-refractivity contribution in [1.29, 1.82) is 0 Å². The Kier molecular flexibility index (Phi) is 2.55. The molecule has 2 N–H and O–H groups in total. The van der Waals surface area contributed by atoms with Crippen molar-refractivity contribution in [1.82, 2.24) is 0 Å². The zero-order valence-corrected chi connectivity index (χ0v) is 7.76. The summed E-state index contributed by atoms with van der Waals surface area (Å²) in [6.45, 7) is 7.41. The number of hydrogen-bond acceptors (Lipinski definition) is 2. The third-order valence-corrected chi connectivity index (χ3v) is 1.88. The van der Waals surface area contributed by atoms with Gasteiger partial charge in [-0.1, -0.05) is 20.8 Å². The highest BCUT2D eigenvalue weighted by Crippen LogP contribution is 2.24. The Bertz CT molecular complexity index is 122. The van der Waals surface area contributed by atoms with E-state index in [1.807, 2.05) is 0 Å². The lowest BCUT2D eigenvalue weighted by Crippen LogP contribution is -2.42. The molecule has 0 aromatic heterocycles. The predicted molar refractivity (Wildman–Crippen MR) is 46.4 cm³/mol. The molecule has 1 aliphatic carbocycles. The van der Waals surface area contributed by atoms with Gasteiger partial charge >= 0.3 is 0 Å². The molecular formula is C9H19NO. The molecule has 0 aliphatic heterocycles. The zero-order valence-electron chi connectivity index (χ0n) is 7.76. The highest BCUT2D eigenvalue weighted by molar-refractivity contribution is 4.83. The van der Waals surface area contributed by atoms with Gasteiger partial charge in [-0.25, -0.2) is 0 Å². The Labute approximate surface area is 69.1 Å². The Morgan fingerprint density at radius 3 is 2.27 bits per heavy atom. The largest absolute Gasteiger partial charge is 0.378 e. The monoisotopic (exact) mass is 157 g/mol. The highest BCUT2D eigenvalue weighted by atomic mass is 16.5. The molecule has 1 fully saturated rings. The van der Waals surface area contributed by atoms with E-state index in [0.717, 1.165) is 19.4 Å².